The summed E-state index contributed by atoms with van der Waals surface area (Å²) in [5.41, 5.74) is 2.13. The number of ether oxygens (including phenoxy) is 1. The van der Waals surface area contributed by atoms with Gasteiger partial charge in [-0.2, -0.15) is 0 Å². The molecule has 120 valence electrons. The maximum atomic E-state index is 12.8. The summed E-state index contributed by atoms with van der Waals surface area (Å²) in [6, 6.07) is 13.8. The van der Waals surface area contributed by atoms with Crippen molar-refractivity contribution in [1.29, 1.82) is 0 Å². The fourth-order valence-corrected chi connectivity index (χ4v) is 2.92. The van der Waals surface area contributed by atoms with Gasteiger partial charge in [0.1, 0.15) is 5.75 Å². The van der Waals surface area contributed by atoms with E-state index in [1.54, 1.807) is 6.20 Å². The number of nitrogens with zero attached hydrogens (tertiary/aromatic N) is 2. The fraction of sp³-hybridized carbons (Fsp3) is 0.368. The predicted molar refractivity (Wildman–Crippen MR) is 89.4 cm³/mol. The molecule has 1 aromatic heterocycles. The van der Waals surface area contributed by atoms with Gasteiger partial charge in [0.15, 0.2) is 6.10 Å². The molecule has 1 atom stereocenters. The van der Waals surface area contributed by atoms with E-state index in [0.717, 1.165) is 36.4 Å². The van der Waals surface area contributed by atoms with Crippen molar-refractivity contribution in [3.05, 3.63) is 59.9 Å². The average Bonchev–Trinajstić information content (AvgIpc) is 3.03. The second-order valence-corrected chi connectivity index (χ2v) is 5.81. The van der Waals surface area contributed by atoms with Crippen LogP contribution in [-0.4, -0.2) is 35.0 Å². The number of hydrogen-bond acceptors (Lipinski definition) is 3. The second-order valence-electron chi connectivity index (χ2n) is 5.81. The third-order valence-electron chi connectivity index (χ3n) is 4.09. The third-order valence-corrected chi connectivity index (χ3v) is 4.09. The van der Waals surface area contributed by atoms with Crippen molar-refractivity contribution in [3.63, 3.8) is 0 Å². The fourth-order valence-electron chi connectivity index (χ4n) is 2.92. The molecule has 1 amide bonds. The van der Waals surface area contributed by atoms with Crippen LogP contribution in [0.15, 0.2) is 48.7 Å². The van der Waals surface area contributed by atoms with Gasteiger partial charge in [0.05, 0.1) is 0 Å². The van der Waals surface area contributed by atoms with Crippen LogP contribution in [0.2, 0.25) is 0 Å². The SMILES string of the molecule is CCCN(CCc1ccccn1)C(=O)C1Cc2ccccc2O1. The molecular formula is C19H22N2O2. The van der Waals surface area contributed by atoms with Crippen LogP contribution in [-0.2, 0) is 17.6 Å². The largest absolute Gasteiger partial charge is 0.480 e. The first kappa shape index (κ1) is 15.5. The zero-order valence-corrected chi connectivity index (χ0v) is 13.4. The van der Waals surface area contributed by atoms with Gasteiger partial charge in [0.25, 0.3) is 5.91 Å². The molecule has 1 aliphatic rings. The Kier molecular flexibility index (Phi) is 4.91. The predicted octanol–water partition coefficient (Wildman–Crippen LogP) is 2.87. The number of hydrogen-bond donors (Lipinski definition) is 0. The Hall–Kier alpha value is -2.36. The number of carbonyl (C=O) groups is 1. The molecule has 3 rings (SSSR count). The molecular weight excluding hydrogens is 288 g/mol. The van der Waals surface area contributed by atoms with Gasteiger partial charge in [-0.15, -0.1) is 0 Å². The maximum Gasteiger partial charge on any atom is 0.264 e. The molecule has 0 saturated carbocycles. The quantitative estimate of drug-likeness (QED) is 0.824. The molecule has 4 nitrogen and oxygen atoms in total. The monoisotopic (exact) mass is 310 g/mol. The van der Waals surface area contributed by atoms with E-state index < -0.39 is 0 Å². The number of amides is 1. The van der Waals surface area contributed by atoms with E-state index in [1.807, 2.05) is 47.4 Å². The van der Waals surface area contributed by atoms with E-state index in [9.17, 15) is 4.79 Å². The van der Waals surface area contributed by atoms with Crippen LogP contribution < -0.4 is 4.74 Å². The van der Waals surface area contributed by atoms with Gasteiger partial charge in [-0.3, -0.25) is 9.78 Å². The highest BCUT2D eigenvalue weighted by molar-refractivity contribution is 5.82. The first-order valence-corrected chi connectivity index (χ1v) is 8.21. The van der Waals surface area contributed by atoms with Crippen LogP contribution in [0.25, 0.3) is 0 Å². The van der Waals surface area contributed by atoms with Crippen molar-refractivity contribution in [3.8, 4) is 5.75 Å². The van der Waals surface area contributed by atoms with Crippen LogP contribution in [0.5, 0.6) is 5.75 Å². The highest BCUT2D eigenvalue weighted by Gasteiger charge is 2.31. The standard InChI is InChI=1S/C19H22N2O2/c1-2-12-21(13-10-16-8-5-6-11-20-16)19(22)18-14-15-7-3-4-9-17(15)23-18/h3-9,11,18H,2,10,12-14H2,1H3. The van der Waals surface area contributed by atoms with Crippen LogP contribution in [0.1, 0.15) is 24.6 Å². The lowest BCUT2D eigenvalue weighted by molar-refractivity contribution is -0.138. The summed E-state index contributed by atoms with van der Waals surface area (Å²) < 4.78 is 5.84. The molecule has 1 unspecified atom stereocenters. The molecule has 4 heteroatoms. The van der Waals surface area contributed by atoms with Crippen molar-refractivity contribution in [2.24, 2.45) is 0 Å². The Morgan fingerprint density at radius 3 is 2.78 bits per heavy atom. The van der Waals surface area contributed by atoms with Crippen LogP contribution in [0.4, 0.5) is 0 Å². The number of para-hydroxylation sites is 1. The molecule has 0 aliphatic carbocycles. The van der Waals surface area contributed by atoms with E-state index in [1.165, 1.54) is 0 Å². The number of fused-ring (bicyclic) bond motifs is 1. The smallest absolute Gasteiger partial charge is 0.264 e. The summed E-state index contributed by atoms with van der Waals surface area (Å²) >= 11 is 0. The lowest BCUT2D eigenvalue weighted by atomic mass is 10.1. The molecule has 2 heterocycles. The minimum absolute atomic E-state index is 0.0824. The van der Waals surface area contributed by atoms with Crippen LogP contribution in [0, 0.1) is 0 Å². The molecule has 0 N–H and O–H groups in total. The normalized spacial score (nSPS) is 15.8. The van der Waals surface area contributed by atoms with Gasteiger partial charge >= 0.3 is 0 Å². The second kappa shape index (κ2) is 7.27. The lowest BCUT2D eigenvalue weighted by Gasteiger charge is -2.24. The Balaban J connectivity index is 1.63. The van der Waals surface area contributed by atoms with Crippen molar-refractivity contribution < 1.29 is 9.53 Å². The zero-order chi connectivity index (χ0) is 16.1. The van der Waals surface area contributed by atoms with Crippen molar-refractivity contribution in [2.75, 3.05) is 13.1 Å². The molecule has 1 aromatic carbocycles. The van der Waals surface area contributed by atoms with Gasteiger partial charge in [-0.25, -0.2) is 0 Å². The molecule has 0 fully saturated rings. The van der Waals surface area contributed by atoms with E-state index in [0.29, 0.717) is 13.0 Å². The van der Waals surface area contributed by atoms with Gasteiger partial charge in [-0.05, 0) is 30.2 Å². The molecule has 2 aromatic rings. The van der Waals surface area contributed by atoms with Gasteiger partial charge in [0.2, 0.25) is 0 Å². The first-order valence-electron chi connectivity index (χ1n) is 8.21. The van der Waals surface area contributed by atoms with Crippen LogP contribution >= 0.6 is 0 Å². The molecule has 0 radical (unpaired) electrons. The molecule has 1 aliphatic heterocycles. The van der Waals surface area contributed by atoms with E-state index in [-0.39, 0.29) is 12.0 Å². The highest BCUT2D eigenvalue weighted by Crippen LogP contribution is 2.29. The van der Waals surface area contributed by atoms with Gasteiger partial charge < -0.3 is 9.64 Å². The summed E-state index contributed by atoms with van der Waals surface area (Å²) in [6.45, 7) is 3.52. The van der Waals surface area contributed by atoms with E-state index in [2.05, 4.69) is 11.9 Å². The maximum absolute atomic E-state index is 12.8. The third kappa shape index (κ3) is 3.70. The number of benzene rings is 1. The number of carbonyl (C=O) groups excluding carboxylic acids is 1. The van der Waals surface area contributed by atoms with Crippen molar-refractivity contribution in [2.45, 2.75) is 32.3 Å². The molecule has 0 spiro atoms. The minimum Gasteiger partial charge on any atom is -0.480 e. The Labute approximate surface area is 137 Å². The van der Waals surface area contributed by atoms with E-state index in [4.69, 9.17) is 4.74 Å². The minimum atomic E-state index is -0.386. The number of aromatic nitrogens is 1. The van der Waals surface area contributed by atoms with Crippen LogP contribution in [0.3, 0.4) is 0 Å². The average molecular weight is 310 g/mol. The van der Waals surface area contributed by atoms with Gasteiger partial charge in [-0.1, -0.05) is 31.2 Å². The lowest BCUT2D eigenvalue weighted by Crippen LogP contribution is -2.42. The Morgan fingerprint density at radius 1 is 1.22 bits per heavy atom. The topological polar surface area (TPSA) is 42.4 Å². The summed E-state index contributed by atoms with van der Waals surface area (Å²) in [4.78, 5) is 19.0. The molecule has 0 saturated heterocycles. The Morgan fingerprint density at radius 2 is 2.04 bits per heavy atom. The van der Waals surface area contributed by atoms with Crippen molar-refractivity contribution >= 4 is 5.91 Å². The Bertz CT molecular complexity index is 632. The molecule has 23 heavy (non-hydrogen) atoms. The number of pyridine rings is 1. The first-order chi connectivity index (χ1) is 11.3. The van der Waals surface area contributed by atoms with Gasteiger partial charge in [0, 0.05) is 37.8 Å². The number of rotatable bonds is 6. The molecule has 0 bridgehead atoms. The highest BCUT2D eigenvalue weighted by atomic mass is 16.5. The summed E-state index contributed by atoms with van der Waals surface area (Å²) in [6.07, 6.45) is 3.78. The zero-order valence-electron chi connectivity index (χ0n) is 13.4. The summed E-state index contributed by atoms with van der Waals surface area (Å²) in [5.74, 6) is 0.922. The van der Waals surface area contributed by atoms with E-state index >= 15 is 0 Å². The summed E-state index contributed by atoms with van der Waals surface area (Å²) in [7, 11) is 0. The van der Waals surface area contributed by atoms with Crippen molar-refractivity contribution in [1.82, 2.24) is 9.88 Å². The summed E-state index contributed by atoms with van der Waals surface area (Å²) in [5, 5.41) is 0.